The van der Waals surface area contributed by atoms with Crippen LogP contribution in [0.4, 0.5) is 26.3 Å². The Balaban J connectivity index is 1.70. The molecule has 3 rings (SSSR count). The van der Waals surface area contributed by atoms with E-state index in [9.17, 15) is 35.9 Å². The lowest BCUT2D eigenvalue weighted by molar-refractivity contribution is 0.0424. The quantitative estimate of drug-likeness (QED) is 0.291. The third-order valence-corrected chi connectivity index (χ3v) is 4.19. The van der Waals surface area contributed by atoms with Crippen LogP contribution in [-0.2, 0) is 22.7 Å². The molecule has 0 amide bonds. The summed E-state index contributed by atoms with van der Waals surface area (Å²) in [5.74, 6) is -11.3. The maximum Gasteiger partial charge on any atom is 0.339 e. The number of ether oxygens (including phenoxy) is 2. The highest BCUT2D eigenvalue weighted by Crippen LogP contribution is 2.18. The Morgan fingerprint density at radius 2 is 0.906 bits per heavy atom. The fourth-order valence-electron chi connectivity index (χ4n) is 2.68. The normalized spacial score (nSPS) is 10.7. The van der Waals surface area contributed by atoms with Gasteiger partial charge in [0, 0.05) is 0 Å². The monoisotopic (exact) mass is 454 g/mol. The molecule has 0 heterocycles. The Labute approximate surface area is 177 Å². The molecule has 0 aliphatic carbocycles. The topological polar surface area (TPSA) is 52.6 Å². The zero-order valence-electron chi connectivity index (χ0n) is 15.9. The summed E-state index contributed by atoms with van der Waals surface area (Å²) in [4.78, 5) is 24.7. The Hall–Kier alpha value is -3.82. The lowest BCUT2D eigenvalue weighted by Crippen LogP contribution is -2.14. The molecule has 3 aromatic carbocycles. The predicted molar refractivity (Wildman–Crippen MR) is 97.3 cm³/mol. The minimum atomic E-state index is -1.67. The number of hydrogen-bond acceptors (Lipinski definition) is 4. The molecule has 0 N–H and O–H groups in total. The van der Waals surface area contributed by atoms with Gasteiger partial charge in [0.1, 0.15) is 13.2 Å². The molecule has 0 aliphatic rings. The van der Waals surface area contributed by atoms with Crippen LogP contribution in [0.15, 0.2) is 48.5 Å². The second-order valence-corrected chi connectivity index (χ2v) is 6.44. The van der Waals surface area contributed by atoms with Gasteiger partial charge in [0.2, 0.25) is 0 Å². The number of benzene rings is 3. The van der Waals surface area contributed by atoms with E-state index in [-0.39, 0.29) is 22.3 Å². The summed E-state index contributed by atoms with van der Waals surface area (Å²) in [7, 11) is 0. The number of carbonyl (C=O) groups is 2. The maximum atomic E-state index is 13.3. The molecule has 3 aromatic rings. The molecule has 32 heavy (non-hydrogen) atoms. The summed E-state index contributed by atoms with van der Waals surface area (Å²) in [5.41, 5.74) is -0.876. The fourth-order valence-corrected chi connectivity index (χ4v) is 2.68. The van der Waals surface area contributed by atoms with Gasteiger partial charge in [-0.3, -0.25) is 0 Å². The van der Waals surface area contributed by atoms with Crippen molar-refractivity contribution >= 4 is 11.9 Å². The molecular weight excluding hydrogens is 442 g/mol. The van der Waals surface area contributed by atoms with Crippen LogP contribution in [-0.4, -0.2) is 11.9 Å². The van der Waals surface area contributed by atoms with Crippen LogP contribution in [0.2, 0.25) is 0 Å². The average Bonchev–Trinajstić information content (AvgIpc) is 2.77. The summed E-state index contributed by atoms with van der Waals surface area (Å²) >= 11 is 0. The standard InChI is InChI=1S/C22H12F6O4/c23-15-5-11(6-16(24)19(15)27)9-31-21(29)13-3-1-2-4-14(13)22(30)32-10-12-7-17(25)20(28)18(26)8-12/h1-8H,9-10H2. The number of halogens is 6. The Bertz CT molecular complexity index is 1060. The number of carbonyl (C=O) groups excluding carboxylic acids is 2. The molecule has 0 bridgehead atoms. The van der Waals surface area contributed by atoms with Crippen LogP contribution in [0.1, 0.15) is 31.8 Å². The van der Waals surface area contributed by atoms with Crippen LogP contribution in [0.25, 0.3) is 0 Å². The van der Waals surface area contributed by atoms with Crippen LogP contribution < -0.4 is 0 Å². The van der Waals surface area contributed by atoms with Crippen LogP contribution in [0.5, 0.6) is 0 Å². The molecule has 0 saturated heterocycles. The van der Waals surface area contributed by atoms with Crippen molar-refractivity contribution in [2.24, 2.45) is 0 Å². The zero-order valence-corrected chi connectivity index (χ0v) is 15.9. The van der Waals surface area contributed by atoms with E-state index in [2.05, 4.69) is 0 Å². The summed E-state index contributed by atoms with van der Waals surface area (Å²) in [6, 6.07) is 7.80. The first kappa shape index (κ1) is 22.9. The van der Waals surface area contributed by atoms with Gasteiger partial charge >= 0.3 is 11.9 Å². The molecule has 4 nitrogen and oxygen atoms in total. The molecule has 0 fully saturated rings. The van der Waals surface area contributed by atoms with Gasteiger partial charge in [0.15, 0.2) is 34.9 Å². The highest BCUT2D eigenvalue weighted by molar-refractivity contribution is 6.03. The Kier molecular flexibility index (Phi) is 6.82. The molecule has 0 saturated carbocycles. The average molecular weight is 454 g/mol. The number of hydrogen-bond donors (Lipinski definition) is 0. The molecule has 0 aromatic heterocycles. The van der Waals surface area contributed by atoms with Crippen LogP contribution >= 0.6 is 0 Å². The van der Waals surface area contributed by atoms with E-state index >= 15 is 0 Å². The van der Waals surface area contributed by atoms with Gasteiger partial charge in [-0.1, -0.05) is 12.1 Å². The van der Waals surface area contributed by atoms with E-state index in [1.807, 2.05) is 0 Å². The van der Waals surface area contributed by atoms with Gasteiger partial charge in [-0.2, -0.15) is 0 Å². The van der Waals surface area contributed by atoms with Crippen molar-refractivity contribution in [3.05, 3.63) is 106 Å². The molecule has 0 radical (unpaired) electrons. The highest BCUT2D eigenvalue weighted by Gasteiger charge is 2.20. The number of rotatable bonds is 6. The first-order valence-corrected chi connectivity index (χ1v) is 8.87. The first-order chi connectivity index (χ1) is 15.2. The van der Waals surface area contributed by atoms with Gasteiger partial charge in [-0.05, 0) is 47.5 Å². The van der Waals surface area contributed by atoms with Gasteiger partial charge in [-0.25, -0.2) is 35.9 Å². The van der Waals surface area contributed by atoms with Crippen molar-refractivity contribution < 1.29 is 45.4 Å². The molecule has 0 spiro atoms. The Morgan fingerprint density at radius 3 is 1.22 bits per heavy atom. The molecular formula is C22H12F6O4. The second kappa shape index (κ2) is 9.54. The minimum absolute atomic E-state index is 0.171. The van der Waals surface area contributed by atoms with E-state index in [4.69, 9.17) is 9.47 Å². The maximum absolute atomic E-state index is 13.3. The van der Waals surface area contributed by atoms with E-state index in [0.29, 0.717) is 24.3 Å². The van der Waals surface area contributed by atoms with Gasteiger partial charge in [0.05, 0.1) is 11.1 Å². The molecule has 0 unspecified atom stereocenters. The molecule has 0 aliphatic heterocycles. The van der Waals surface area contributed by atoms with Crippen LogP contribution in [0, 0.1) is 34.9 Å². The summed E-state index contributed by atoms with van der Waals surface area (Å²) < 4.78 is 88.9. The zero-order chi connectivity index (χ0) is 23.4. The third kappa shape index (κ3) is 5.08. The van der Waals surface area contributed by atoms with E-state index in [1.54, 1.807) is 0 Å². The Morgan fingerprint density at radius 1 is 0.594 bits per heavy atom. The summed E-state index contributed by atoms with van der Waals surface area (Å²) in [6.07, 6.45) is 0. The largest absolute Gasteiger partial charge is 0.457 e. The lowest BCUT2D eigenvalue weighted by atomic mass is 10.1. The van der Waals surface area contributed by atoms with Crippen molar-refractivity contribution in [2.45, 2.75) is 13.2 Å². The second-order valence-electron chi connectivity index (χ2n) is 6.44. The smallest absolute Gasteiger partial charge is 0.339 e. The van der Waals surface area contributed by atoms with E-state index in [0.717, 1.165) is 0 Å². The summed E-state index contributed by atoms with van der Waals surface area (Å²) in [6.45, 7) is -1.24. The fraction of sp³-hybridized carbons (Fsp3) is 0.0909. The van der Waals surface area contributed by atoms with E-state index in [1.165, 1.54) is 24.3 Å². The highest BCUT2D eigenvalue weighted by atomic mass is 19.2. The van der Waals surface area contributed by atoms with Crippen molar-refractivity contribution in [1.29, 1.82) is 0 Å². The first-order valence-electron chi connectivity index (χ1n) is 8.87. The van der Waals surface area contributed by atoms with Gasteiger partial charge in [0.25, 0.3) is 0 Å². The van der Waals surface area contributed by atoms with Gasteiger partial charge < -0.3 is 9.47 Å². The predicted octanol–water partition coefficient (Wildman–Crippen LogP) is 5.24. The number of esters is 2. The van der Waals surface area contributed by atoms with E-state index < -0.39 is 60.1 Å². The van der Waals surface area contributed by atoms with Crippen molar-refractivity contribution in [3.63, 3.8) is 0 Å². The van der Waals surface area contributed by atoms with Crippen molar-refractivity contribution in [3.8, 4) is 0 Å². The molecule has 0 atom stereocenters. The van der Waals surface area contributed by atoms with Gasteiger partial charge in [-0.15, -0.1) is 0 Å². The SMILES string of the molecule is O=C(OCc1cc(F)c(F)c(F)c1)c1ccccc1C(=O)OCc1cc(F)c(F)c(F)c1. The third-order valence-electron chi connectivity index (χ3n) is 4.19. The lowest BCUT2D eigenvalue weighted by Gasteiger charge is -2.10. The van der Waals surface area contributed by atoms with Crippen molar-refractivity contribution in [2.75, 3.05) is 0 Å². The van der Waals surface area contributed by atoms with Crippen LogP contribution in [0.3, 0.4) is 0 Å². The molecule has 10 heteroatoms. The molecule has 166 valence electrons. The van der Waals surface area contributed by atoms with Crippen molar-refractivity contribution in [1.82, 2.24) is 0 Å². The summed E-state index contributed by atoms with van der Waals surface area (Å²) in [5, 5.41) is 0. The minimum Gasteiger partial charge on any atom is -0.457 e.